The van der Waals surface area contributed by atoms with E-state index < -0.39 is 5.92 Å². The Morgan fingerprint density at radius 1 is 1.11 bits per heavy atom. The van der Waals surface area contributed by atoms with Gasteiger partial charge in [0.15, 0.2) is 0 Å². The summed E-state index contributed by atoms with van der Waals surface area (Å²) in [6.45, 7) is 4.84. The summed E-state index contributed by atoms with van der Waals surface area (Å²) in [5.74, 6) is -0.496. The van der Waals surface area contributed by atoms with Crippen molar-refractivity contribution in [3.05, 3.63) is 71.3 Å². The van der Waals surface area contributed by atoms with Crippen LogP contribution < -0.4 is 0 Å². The zero-order valence-electron chi connectivity index (χ0n) is 17.0. The molecule has 1 aliphatic heterocycles. The van der Waals surface area contributed by atoms with E-state index in [0.717, 1.165) is 11.1 Å². The number of carbonyl (C=O) groups is 2. The van der Waals surface area contributed by atoms with Gasteiger partial charge < -0.3 is 14.5 Å². The number of amides is 2. The SMILES string of the molecule is COCCN1C(=O)c2ccccc2[C@H](C(=O)N(C)C(C)C)[C@H]1c1ccccc1. The van der Waals surface area contributed by atoms with E-state index in [4.69, 9.17) is 4.74 Å². The monoisotopic (exact) mass is 380 g/mol. The number of fused-ring (bicyclic) bond motifs is 1. The lowest BCUT2D eigenvalue weighted by Crippen LogP contribution is -2.49. The third-order valence-electron chi connectivity index (χ3n) is 5.50. The number of benzene rings is 2. The molecule has 5 nitrogen and oxygen atoms in total. The van der Waals surface area contributed by atoms with Crippen molar-refractivity contribution >= 4 is 11.8 Å². The Hall–Kier alpha value is -2.66. The van der Waals surface area contributed by atoms with Gasteiger partial charge in [0, 0.05) is 32.3 Å². The van der Waals surface area contributed by atoms with Crippen LogP contribution in [0.15, 0.2) is 54.6 Å². The highest BCUT2D eigenvalue weighted by Gasteiger charge is 2.44. The highest BCUT2D eigenvalue weighted by Crippen LogP contribution is 2.43. The molecule has 2 aromatic rings. The minimum atomic E-state index is -0.458. The average Bonchev–Trinajstić information content (AvgIpc) is 2.72. The van der Waals surface area contributed by atoms with Gasteiger partial charge in [-0.1, -0.05) is 48.5 Å². The van der Waals surface area contributed by atoms with Gasteiger partial charge in [0.25, 0.3) is 5.91 Å². The van der Waals surface area contributed by atoms with Crippen molar-refractivity contribution in [3.63, 3.8) is 0 Å². The molecule has 0 unspecified atom stereocenters. The third kappa shape index (κ3) is 3.67. The highest BCUT2D eigenvalue weighted by molar-refractivity contribution is 6.01. The predicted molar refractivity (Wildman–Crippen MR) is 109 cm³/mol. The van der Waals surface area contributed by atoms with Crippen molar-refractivity contribution in [3.8, 4) is 0 Å². The normalized spacial score (nSPS) is 18.9. The fraction of sp³-hybridized carbons (Fsp3) is 0.391. The molecular weight excluding hydrogens is 352 g/mol. The maximum atomic E-state index is 13.6. The summed E-state index contributed by atoms with van der Waals surface area (Å²) in [7, 11) is 3.45. The van der Waals surface area contributed by atoms with Crippen LogP contribution in [0.2, 0.25) is 0 Å². The van der Waals surface area contributed by atoms with Crippen LogP contribution in [0.1, 0.15) is 47.3 Å². The number of hydrogen-bond donors (Lipinski definition) is 0. The Kier molecular flexibility index (Phi) is 6.15. The smallest absolute Gasteiger partial charge is 0.254 e. The molecule has 5 heteroatoms. The lowest BCUT2D eigenvalue weighted by molar-refractivity contribution is -0.134. The minimum absolute atomic E-state index is 0.0196. The van der Waals surface area contributed by atoms with Gasteiger partial charge in [-0.25, -0.2) is 0 Å². The molecule has 0 aliphatic carbocycles. The first kappa shape index (κ1) is 20.1. The molecule has 2 aromatic carbocycles. The summed E-state index contributed by atoms with van der Waals surface area (Å²) in [4.78, 5) is 30.4. The molecule has 0 saturated heterocycles. The van der Waals surface area contributed by atoms with E-state index in [1.165, 1.54) is 0 Å². The van der Waals surface area contributed by atoms with Crippen LogP contribution in [0.5, 0.6) is 0 Å². The number of carbonyl (C=O) groups excluding carboxylic acids is 2. The Labute approximate surface area is 166 Å². The van der Waals surface area contributed by atoms with E-state index in [9.17, 15) is 9.59 Å². The van der Waals surface area contributed by atoms with Gasteiger partial charge in [-0.05, 0) is 31.0 Å². The van der Waals surface area contributed by atoms with Crippen LogP contribution in [0.25, 0.3) is 0 Å². The molecule has 148 valence electrons. The molecule has 0 saturated carbocycles. The fourth-order valence-electron chi connectivity index (χ4n) is 3.79. The second-order valence-corrected chi connectivity index (χ2v) is 7.45. The van der Waals surface area contributed by atoms with Crippen molar-refractivity contribution in [2.24, 2.45) is 0 Å². The first-order chi connectivity index (χ1) is 13.5. The predicted octanol–water partition coefficient (Wildman–Crippen LogP) is 3.48. The van der Waals surface area contributed by atoms with Crippen LogP contribution in [0.3, 0.4) is 0 Å². The lowest BCUT2D eigenvalue weighted by atomic mass is 9.78. The van der Waals surface area contributed by atoms with Crippen LogP contribution >= 0.6 is 0 Å². The third-order valence-corrected chi connectivity index (χ3v) is 5.50. The number of hydrogen-bond acceptors (Lipinski definition) is 3. The number of methoxy groups -OCH3 is 1. The molecule has 0 aromatic heterocycles. The first-order valence-corrected chi connectivity index (χ1v) is 9.67. The van der Waals surface area contributed by atoms with Crippen LogP contribution in [0, 0.1) is 0 Å². The van der Waals surface area contributed by atoms with Gasteiger partial charge in [-0.2, -0.15) is 0 Å². The van der Waals surface area contributed by atoms with Crippen molar-refractivity contribution in [2.75, 3.05) is 27.3 Å². The van der Waals surface area contributed by atoms with E-state index in [-0.39, 0.29) is 23.9 Å². The van der Waals surface area contributed by atoms with Crippen molar-refractivity contribution in [1.82, 2.24) is 9.80 Å². The molecule has 1 heterocycles. The Balaban J connectivity index is 2.18. The Morgan fingerprint density at radius 2 is 1.75 bits per heavy atom. The maximum absolute atomic E-state index is 13.6. The second kappa shape index (κ2) is 8.57. The number of rotatable bonds is 6. The first-order valence-electron chi connectivity index (χ1n) is 9.67. The summed E-state index contributed by atoms with van der Waals surface area (Å²) >= 11 is 0. The van der Waals surface area contributed by atoms with Gasteiger partial charge in [0.1, 0.15) is 0 Å². The summed E-state index contributed by atoms with van der Waals surface area (Å²) in [6.07, 6.45) is 0. The molecule has 2 atom stereocenters. The molecule has 2 amide bonds. The quantitative estimate of drug-likeness (QED) is 0.771. The highest BCUT2D eigenvalue weighted by atomic mass is 16.5. The summed E-state index contributed by atoms with van der Waals surface area (Å²) in [6, 6.07) is 17.0. The molecule has 0 spiro atoms. The Bertz CT molecular complexity index is 835. The van der Waals surface area contributed by atoms with Gasteiger partial charge in [-0.15, -0.1) is 0 Å². The summed E-state index contributed by atoms with van der Waals surface area (Å²) in [5, 5.41) is 0. The lowest BCUT2D eigenvalue weighted by Gasteiger charge is -2.43. The molecule has 28 heavy (non-hydrogen) atoms. The zero-order chi connectivity index (χ0) is 20.3. The van der Waals surface area contributed by atoms with Crippen molar-refractivity contribution < 1.29 is 14.3 Å². The van der Waals surface area contributed by atoms with E-state index >= 15 is 0 Å². The summed E-state index contributed by atoms with van der Waals surface area (Å²) in [5.41, 5.74) is 2.35. The summed E-state index contributed by atoms with van der Waals surface area (Å²) < 4.78 is 5.26. The minimum Gasteiger partial charge on any atom is -0.383 e. The van der Waals surface area contributed by atoms with Gasteiger partial charge in [-0.3, -0.25) is 9.59 Å². The van der Waals surface area contributed by atoms with Gasteiger partial charge in [0.2, 0.25) is 5.91 Å². The number of likely N-dealkylation sites (N-methyl/N-ethyl adjacent to an activating group) is 1. The molecule has 0 N–H and O–H groups in total. The molecular formula is C23H28N2O3. The molecule has 0 fully saturated rings. The second-order valence-electron chi connectivity index (χ2n) is 7.45. The van der Waals surface area contributed by atoms with Crippen LogP contribution in [0.4, 0.5) is 0 Å². The molecule has 1 aliphatic rings. The molecule has 3 rings (SSSR count). The van der Waals surface area contributed by atoms with E-state index in [0.29, 0.717) is 18.7 Å². The van der Waals surface area contributed by atoms with Crippen LogP contribution in [-0.4, -0.2) is 55.0 Å². The zero-order valence-corrected chi connectivity index (χ0v) is 17.0. The van der Waals surface area contributed by atoms with Gasteiger partial charge in [0.05, 0.1) is 18.6 Å². The number of ether oxygens (including phenoxy) is 1. The largest absolute Gasteiger partial charge is 0.383 e. The Morgan fingerprint density at radius 3 is 2.39 bits per heavy atom. The molecule has 0 radical (unpaired) electrons. The number of nitrogens with zero attached hydrogens (tertiary/aromatic N) is 2. The van der Waals surface area contributed by atoms with E-state index in [2.05, 4.69) is 0 Å². The van der Waals surface area contributed by atoms with Gasteiger partial charge >= 0.3 is 0 Å². The van der Waals surface area contributed by atoms with E-state index in [1.54, 1.807) is 16.9 Å². The topological polar surface area (TPSA) is 49.9 Å². The van der Waals surface area contributed by atoms with Crippen LogP contribution in [-0.2, 0) is 9.53 Å². The van der Waals surface area contributed by atoms with Crippen molar-refractivity contribution in [1.29, 1.82) is 0 Å². The fourth-order valence-corrected chi connectivity index (χ4v) is 3.79. The van der Waals surface area contributed by atoms with Crippen molar-refractivity contribution in [2.45, 2.75) is 31.8 Å². The molecule has 0 bridgehead atoms. The standard InChI is InChI=1S/C23H28N2O3/c1-16(2)24(3)23(27)20-18-12-8-9-13-19(18)22(26)25(14-15-28-4)21(20)17-10-6-5-7-11-17/h5-13,16,20-21H,14-15H2,1-4H3/t20-,21+/m0/s1. The maximum Gasteiger partial charge on any atom is 0.254 e. The average molecular weight is 380 g/mol. The van der Waals surface area contributed by atoms with E-state index in [1.807, 2.05) is 75.5 Å².